The van der Waals surface area contributed by atoms with Gasteiger partial charge in [-0.2, -0.15) is 4.58 Å². The molecule has 2 saturated heterocycles. The van der Waals surface area contributed by atoms with E-state index in [-0.39, 0.29) is 35.2 Å². The van der Waals surface area contributed by atoms with Crippen LogP contribution in [0.1, 0.15) is 5.56 Å². The van der Waals surface area contributed by atoms with Gasteiger partial charge in [0.15, 0.2) is 5.78 Å². The number of carbonyl (C=O) groups is 1. The quantitative estimate of drug-likeness (QED) is 0.241. The highest BCUT2D eigenvalue weighted by molar-refractivity contribution is 6.29. The van der Waals surface area contributed by atoms with Crippen molar-refractivity contribution in [2.24, 2.45) is 11.8 Å². The topological polar surface area (TPSA) is 89.9 Å². The number of ether oxygens (including phenoxy) is 4. The summed E-state index contributed by atoms with van der Waals surface area (Å²) >= 11 is 0. The van der Waals surface area contributed by atoms with Gasteiger partial charge >= 0.3 is 0 Å². The summed E-state index contributed by atoms with van der Waals surface area (Å²) in [6, 6.07) is 23.3. The van der Waals surface area contributed by atoms with Gasteiger partial charge in [0.2, 0.25) is 11.4 Å². The summed E-state index contributed by atoms with van der Waals surface area (Å²) in [6.07, 6.45) is 8.29. The van der Waals surface area contributed by atoms with Crippen LogP contribution < -0.4 is 19.5 Å². The van der Waals surface area contributed by atoms with Crippen molar-refractivity contribution in [3.8, 4) is 11.5 Å². The van der Waals surface area contributed by atoms with Gasteiger partial charge in [0, 0.05) is 60.1 Å². The van der Waals surface area contributed by atoms with Gasteiger partial charge in [-0.1, -0.05) is 24.3 Å². The van der Waals surface area contributed by atoms with Gasteiger partial charge in [-0.05, 0) is 54.1 Å². The second kappa shape index (κ2) is 11.8. The minimum atomic E-state index is -0.675. The SMILES string of the molecule is CN(c1ccc(OCC2CO2)cc1)c1ccc(C2=C([O-])C(C3C=CC(=[N+](C)c4ccc(OCC5CO5)cc4)C=C3)C2=O)cc1. The van der Waals surface area contributed by atoms with E-state index in [1.807, 2.05) is 116 Å². The molecule has 4 aliphatic rings. The smallest absolute Gasteiger partial charge is 0.205 e. The van der Waals surface area contributed by atoms with Crippen molar-refractivity contribution in [3.63, 3.8) is 0 Å². The maximum atomic E-state index is 13.2. The van der Waals surface area contributed by atoms with Crippen LogP contribution in [0.2, 0.25) is 0 Å². The van der Waals surface area contributed by atoms with Crippen LogP contribution in [0.4, 0.5) is 17.1 Å². The van der Waals surface area contributed by atoms with Gasteiger partial charge in [0.05, 0.1) is 13.2 Å². The molecule has 3 aromatic rings. The van der Waals surface area contributed by atoms with E-state index < -0.39 is 5.92 Å². The third-order valence-corrected chi connectivity index (χ3v) is 8.48. The lowest BCUT2D eigenvalue weighted by molar-refractivity contribution is -0.403. The average molecular weight is 591 g/mol. The summed E-state index contributed by atoms with van der Waals surface area (Å²) in [5, 5.41) is 13.2. The molecule has 0 bridgehead atoms. The Labute approximate surface area is 256 Å². The molecule has 7 rings (SSSR count). The molecule has 44 heavy (non-hydrogen) atoms. The number of hydrogen-bond donors (Lipinski definition) is 0. The first-order valence-electron chi connectivity index (χ1n) is 14.9. The van der Waals surface area contributed by atoms with Crippen molar-refractivity contribution >= 4 is 34.1 Å². The second-order valence-corrected chi connectivity index (χ2v) is 11.5. The van der Waals surface area contributed by atoms with Gasteiger partial charge < -0.3 is 29.0 Å². The molecular formula is C36H34N2O6. The zero-order chi connectivity index (χ0) is 30.2. The molecular weight excluding hydrogens is 556 g/mol. The lowest BCUT2D eigenvalue weighted by Crippen LogP contribution is -2.41. The molecule has 0 radical (unpaired) electrons. The fraction of sp³-hybridized carbons (Fsp3) is 0.278. The number of rotatable bonds is 11. The summed E-state index contributed by atoms with van der Waals surface area (Å²) in [7, 11) is 3.96. The first-order chi connectivity index (χ1) is 21.4. The molecule has 3 aromatic carbocycles. The van der Waals surface area contributed by atoms with Crippen molar-refractivity contribution in [2.45, 2.75) is 12.2 Å². The van der Waals surface area contributed by atoms with Crippen LogP contribution in [0.15, 0.2) is 103 Å². The van der Waals surface area contributed by atoms with E-state index in [1.54, 1.807) is 0 Å². The van der Waals surface area contributed by atoms with Crippen molar-refractivity contribution in [1.29, 1.82) is 0 Å². The molecule has 0 amide bonds. The Balaban J connectivity index is 0.980. The Morgan fingerprint density at radius 3 is 1.82 bits per heavy atom. The van der Waals surface area contributed by atoms with Gasteiger partial charge in [-0.15, -0.1) is 5.76 Å². The largest absolute Gasteiger partial charge is 0.874 e. The molecule has 3 unspecified atom stereocenters. The minimum absolute atomic E-state index is 0.105. The van der Waals surface area contributed by atoms with Crippen molar-refractivity contribution < 1.29 is 33.4 Å². The van der Waals surface area contributed by atoms with Crippen molar-refractivity contribution in [3.05, 3.63) is 108 Å². The minimum Gasteiger partial charge on any atom is -0.874 e. The molecule has 224 valence electrons. The van der Waals surface area contributed by atoms with Crippen LogP contribution in [0.3, 0.4) is 0 Å². The van der Waals surface area contributed by atoms with E-state index in [4.69, 9.17) is 18.9 Å². The second-order valence-electron chi connectivity index (χ2n) is 11.5. The first kappa shape index (κ1) is 28.1. The molecule has 0 N–H and O–H groups in total. The predicted molar refractivity (Wildman–Crippen MR) is 166 cm³/mol. The van der Waals surface area contributed by atoms with Crippen LogP contribution in [0.5, 0.6) is 11.5 Å². The fourth-order valence-electron chi connectivity index (χ4n) is 5.48. The lowest BCUT2D eigenvalue weighted by atomic mass is 9.71. The molecule has 0 aromatic heterocycles. The summed E-state index contributed by atoms with van der Waals surface area (Å²) in [5.74, 6) is 0.472. The molecule has 8 nitrogen and oxygen atoms in total. The summed E-state index contributed by atoms with van der Waals surface area (Å²) in [6.45, 7) is 2.68. The number of allylic oxidation sites excluding steroid dienone is 6. The van der Waals surface area contributed by atoms with Gasteiger partial charge in [0.1, 0.15) is 44.0 Å². The van der Waals surface area contributed by atoms with E-state index in [2.05, 4.69) is 4.58 Å². The molecule has 0 saturated carbocycles. The number of anilines is 2. The molecule has 0 spiro atoms. The fourth-order valence-corrected chi connectivity index (χ4v) is 5.48. The highest BCUT2D eigenvalue weighted by atomic mass is 16.6. The van der Waals surface area contributed by atoms with Crippen molar-refractivity contribution in [2.75, 3.05) is 45.4 Å². The van der Waals surface area contributed by atoms with Crippen LogP contribution in [0.25, 0.3) is 5.57 Å². The number of nitrogens with zero attached hydrogens (tertiary/aromatic N) is 2. The number of hydrogen-bond acceptors (Lipinski definition) is 7. The maximum absolute atomic E-state index is 13.2. The third kappa shape index (κ3) is 5.91. The molecule has 2 fully saturated rings. The van der Waals surface area contributed by atoms with Crippen LogP contribution in [0, 0.1) is 11.8 Å². The van der Waals surface area contributed by atoms with E-state index in [1.165, 1.54) is 0 Å². The molecule has 2 heterocycles. The molecule has 2 aliphatic heterocycles. The van der Waals surface area contributed by atoms with Crippen LogP contribution in [-0.4, -0.2) is 68.8 Å². The monoisotopic (exact) mass is 590 g/mol. The maximum Gasteiger partial charge on any atom is 0.205 e. The van der Waals surface area contributed by atoms with Crippen LogP contribution >= 0.6 is 0 Å². The lowest BCUT2D eigenvalue weighted by Gasteiger charge is -2.40. The summed E-state index contributed by atoms with van der Waals surface area (Å²) in [5.41, 5.74) is 4.87. The zero-order valence-corrected chi connectivity index (χ0v) is 24.7. The average Bonchev–Trinajstić information content (AvgIpc) is 4.00. The highest BCUT2D eigenvalue weighted by Gasteiger charge is 2.38. The number of benzene rings is 3. The standard InChI is InChI=1S/C36H34N2O6/c1-37(27-11-15-29(16-12-27)41-19-31-21-43-31)25-7-3-23(4-8-25)33-35(39)34(36(33)40)24-5-9-26(10-6-24)38(2)28-13-17-30(18-14-28)42-20-32-22-44-32/h3-18,23,31-33H,19-22H2,1-2H3. The van der Waals surface area contributed by atoms with Gasteiger partial charge in [-0.25, -0.2) is 0 Å². The summed E-state index contributed by atoms with van der Waals surface area (Å²) in [4.78, 5) is 15.3. The Morgan fingerprint density at radius 1 is 0.818 bits per heavy atom. The highest BCUT2D eigenvalue weighted by Crippen LogP contribution is 2.41. The van der Waals surface area contributed by atoms with Gasteiger partial charge in [0.25, 0.3) is 0 Å². The van der Waals surface area contributed by atoms with Crippen molar-refractivity contribution in [1.82, 2.24) is 0 Å². The Hall–Kier alpha value is -4.66. The number of Topliss-reactive ketones (excluding diaryl/α,β-unsaturated/α-hetero) is 1. The zero-order valence-electron chi connectivity index (χ0n) is 24.7. The number of carbonyl (C=O) groups excluding carboxylic acids is 1. The Kier molecular flexibility index (Phi) is 7.54. The van der Waals surface area contributed by atoms with Gasteiger partial charge in [-0.3, -0.25) is 4.79 Å². The van der Waals surface area contributed by atoms with Crippen LogP contribution in [-0.2, 0) is 14.3 Å². The molecule has 2 aliphatic carbocycles. The molecule has 3 atom stereocenters. The first-order valence-corrected chi connectivity index (χ1v) is 14.9. The Bertz CT molecular complexity index is 1650. The van der Waals surface area contributed by atoms with E-state index in [0.717, 1.165) is 47.5 Å². The number of ketones is 1. The normalized spacial score (nSPS) is 23.3. The third-order valence-electron chi connectivity index (χ3n) is 8.48. The number of epoxide rings is 2. The predicted octanol–water partition coefficient (Wildman–Crippen LogP) is 4.44. The van der Waals surface area contributed by atoms with E-state index in [9.17, 15) is 9.90 Å². The molecule has 8 heteroatoms. The van der Waals surface area contributed by atoms with E-state index in [0.29, 0.717) is 18.8 Å². The van der Waals surface area contributed by atoms with E-state index >= 15 is 0 Å². The Morgan fingerprint density at radius 2 is 1.32 bits per heavy atom. The summed E-state index contributed by atoms with van der Waals surface area (Å²) < 4.78 is 23.9.